The molecule has 1 aliphatic rings. The van der Waals surface area contributed by atoms with Crippen molar-refractivity contribution in [3.8, 4) is 16.9 Å². The summed E-state index contributed by atoms with van der Waals surface area (Å²) in [6, 6.07) is 24.6. The molecule has 1 unspecified atom stereocenters. The van der Waals surface area contributed by atoms with Gasteiger partial charge in [-0.3, -0.25) is 0 Å². The third-order valence-corrected chi connectivity index (χ3v) is 5.17. The topological polar surface area (TPSA) is 30.8 Å². The molecule has 0 saturated carbocycles. The van der Waals surface area contributed by atoms with Gasteiger partial charge in [0.25, 0.3) is 0 Å². The minimum Gasteiger partial charge on any atom is -0.497 e. The van der Waals surface area contributed by atoms with E-state index in [0.717, 1.165) is 26.9 Å². The van der Waals surface area contributed by atoms with Crippen LogP contribution in [0.25, 0.3) is 11.1 Å². The van der Waals surface area contributed by atoms with Gasteiger partial charge in [0.1, 0.15) is 18.4 Å². The van der Waals surface area contributed by atoms with Gasteiger partial charge in [0, 0.05) is 4.47 Å². The molecule has 0 spiro atoms. The summed E-state index contributed by atoms with van der Waals surface area (Å²) >= 11 is 3.56. The maximum absolute atomic E-state index is 5.83. The molecule has 0 radical (unpaired) electrons. The third-order valence-electron chi connectivity index (χ3n) is 4.47. The highest BCUT2D eigenvalue weighted by Crippen LogP contribution is 2.30. The van der Waals surface area contributed by atoms with E-state index in [1.807, 2.05) is 36.4 Å². The number of benzene rings is 3. The van der Waals surface area contributed by atoms with Crippen LogP contribution in [0.4, 0.5) is 0 Å². The van der Waals surface area contributed by atoms with Crippen molar-refractivity contribution in [1.82, 2.24) is 0 Å². The molecule has 0 aliphatic carbocycles. The first kappa shape index (κ1) is 16.9. The second-order valence-corrected chi connectivity index (χ2v) is 6.95. The molecule has 0 aromatic heterocycles. The van der Waals surface area contributed by atoms with Gasteiger partial charge in [-0.05, 0) is 56.9 Å². The molecule has 3 aromatic rings. The Labute approximate surface area is 161 Å². The average molecular weight is 408 g/mol. The van der Waals surface area contributed by atoms with Crippen molar-refractivity contribution in [3.63, 3.8) is 0 Å². The predicted octanol–water partition coefficient (Wildman–Crippen LogP) is 5.64. The number of aliphatic imine (C=N–C) groups is 1. The smallest absolute Gasteiger partial charge is 0.218 e. The number of nitrogens with zero attached hydrogens (tertiary/aromatic N) is 1. The SMILES string of the molecule is COc1ccc(-c2ccc(C3COC(c4ccccc4Br)=N3)cc2)cc1. The first-order valence-electron chi connectivity index (χ1n) is 8.44. The summed E-state index contributed by atoms with van der Waals surface area (Å²) in [5, 5.41) is 0. The molecule has 3 nitrogen and oxygen atoms in total. The Morgan fingerprint density at radius 1 is 0.923 bits per heavy atom. The van der Waals surface area contributed by atoms with E-state index in [9.17, 15) is 0 Å². The van der Waals surface area contributed by atoms with Crippen molar-refractivity contribution < 1.29 is 9.47 Å². The van der Waals surface area contributed by atoms with Gasteiger partial charge < -0.3 is 9.47 Å². The fourth-order valence-electron chi connectivity index (χ4n) is 3.01. The molecule has 1 heterocycles. The Bertz CT molecular complexity index is 933. The van der Waals surface area contributed by atoms with E-state index in [-0.39, 0.29) is 6.04 Å². The normalized spacial score (nSPS) is 16.1. The highest BCUT2D eigenvalue weighted by atomic mass is 79.9. The average Bonchev–Trinajstić information content (AvgIpc) is 3.18. The molecular formula is C22H18BrNO2. The summed E-state index contributed by atoms with van der Waals surface area (Å²) in [5.41, 5.74) is 4.48. The molecule has 0 N–H and O–H groups in total. The largest absolute Gasteiger partial charge is 0.497 e. The molecule has 0 bridgehead atoms. The van der Waals surface area contributed by atoms with Crippen LogP contribution in [0.1, 0.15) is 17.2 Å². The molecular weight excluding hydrogens is 390 g/mol. The predicted molar refractivity (Wildman–Crippen MR) is 108 cm³/mol. The van der Waals surface area contributed by atoms with Crippen molar-refractivity contribution in [3.05, 3.63) is 88.4 Å². The lowest BCUT2D eigenvalue weighted by atomic mass is 10.0. The second-order valence-electron chi connectivity index (χ2n) is 6.09. The zero-order valence-corrected chi connectivity index (χ0v) is 15.9. The maximum Gasteiger partial charge on any atom is 0.218 e. The van der Waals surface area contributed by atoms with Crippen LogP contribution in [0, 0.1) is 0 Å². The van der Waals surface area contributed by atoms with Crippen LogP contribution in [0.2, 0.25) is 0 Å². The van der Waals surface area contributed by atoms with E-state index in [1.165, 1.54) is 5.56 Å². The lowest BCUT2D eigenvalue weighted by Crippen LogP contribution is -2.02. The van der Waals surface area contributed by atoms with E-state index in [4.69, 9.17) is 14.5 Å². The van der Waals surface area contributed by atoms with Crippen molar-refractivity contribution in [2.45, 2.75) is 6.04 Å². The molecule has 26 heavy (non-hydrogen) atoms. The van der Waals surface area contributed by atoms with E-state index in [0.29, 0.717) is 12.5 Å². The quantitative estimate of drug-likeness (QED) is 0.559. The van der Waals surface area contributed by atoms with E-state index < -0.39 is 0 Å². The van der Waals surface area contributed by atoms with Crippen LogP contribution in [0.5, 0.6) is 5.75 Å². The summed E-state index contributed by atoms with van der Waals surface area (Å²) in [6.45, 7) is 0.568. The summed E-state index contributed by atoms with van der Waals surface area (Å²) in [6.07, 6.45) is 0. The van der Waals surface area contributed by atoms with Crippen LogP contribution >= 0.6 is 15.9 Å². The molecule has 4 rings (SSSR count). The molecule has 0 fully saturated rings. The van der Waals surface area contributed by atoms with Crippen molar-refractivity contribution in [1.29, 1.82) is 0 Å². The summed E-state index contributed by atoms with van der Waals surface area (Å²) < 4.78 is 12.0. The fourth-order valence-corrected chi connectivity index (χ4v) is 3.46. The van der Waals surface area contributed by atoms with Crippen LogP contribution in [-0.4, -0.2) is 19.6 Å². The minimum absolute atomic E-state index is 0.0297. The Morgan fingerprint density at radius 2 is 1.58 bits per heavy atom. The number of halogens is 1. The van der Waals surface area contributed by atoms with E-state index in [1.54, 1.807) is 7.11 Å². The number of methoxy groups -OCH3 is 1. The Kier molecular flexibility index (Phi) is 4.76. The highest BCUT2D eigenvalue weighted by Gasteiger charge is 2.22. The Balaban J connectivity index is 1.55. The number of rotatable bonds is 4. The van der Waals surface area contributed by atoms with Gasteiger partial charge in [0.2, 0.25) is 5.90 Å². The Hall–Kier alpha value is -2.59. The lowest BCUT2D eigenvalue weighted by molar-refractivity contribution is 0.319. The van der Waals surface area contributed by atoms with Crippen molar-refractivity contribution in [2.24, 2.45) is 4.99 Å². The third kappa shape index (κ3) is 3.37. The number of ether oxygens (including phenoxy) is 2. The monoisotopic (exact) mass is 407 g/mol. The van der Waals surface area contributed by atoms with Gasteiger partial charge in [-0.2, -0.15) is 0 Å². The summed E-state index contributed by atoms with van der Waals surface area (Å²) in [5.74, 6) is 1.56. The fraction of sp³-hybridized carbons (Fsp3) is 0.136. The van der Waals surface area contributed by atoms with E-state index >= 15 is 0 Å². The second kappa shape index (κ2) is 7.34. The molecule has 0 saturated heterocycles. The van der Waals surface area contributed by atoms with Gasteiger partial charge in [-0.1, -0.05) is 48.5 Å². The van der Waals surface area contributed by atoms with Crippen LogP contribution < -0.4 is 4.74 Å². The maximum atomic E-state index is 5.83. The van der Waals surface area contributed by atoms with Crippen LogP contribution in [0.3, 0.4) is 0 Å². The number of hydrogen-bond acceptors (Lipinski definition) is 3. The van der Waals surface area contributed by atoms with Gasteiger partial charge in [0.05, 0.1) is 12.7 Å². The minimum atomic E-state index is 0.0297. The van der Waals surface area contributed by atoms with Gasteiger partial charge in [-0.15, -0.1) is 0 Å². The van der Waals surface area contributed by atoms with Gasteiger partial charge >= 0.3 is 0 Å². The standard InChI is InChI=1S/C22H18BrNO2/c1-25-18-12-10-16(11-13-18)15-6-8-17(9-7-15)21-14-26-22(24-21)19-4-2-3-5-20(19)23/h2-13,21H,14H2,1H3. The molecule has 1 aliphatic heterocycles. The van der Waals surface area contributed by atoms with Gasteiger partial charge in [0.15, 0.2) is 0 Å². The molecule has 1 atom stereocenters. The highest BCUT2D eigenvalue weighted by molar-refractivity contribution is 9.10. The first-order valence-corrected chi connectivity index (χ1v) is 9.24. The molecule has 130 valence electrons. The zero-order valence-electron chi connectivity index (χ0n) is 14.4. The molecule has 3 aromatic carbocycles. The van der Waals surface area contributed by atoms with E-state index in [2.05, 4.69) is 52.3 Å². The van der Waals surface area contributed by atoms with Crippen molar-refractivity contribution in [2.75, 3.05) is 13.7 Å². The lowest BCUT2D eigenvalue weighted by Gasteiger charge is -2.08. The molecule has 4 heteroatoms. The Morgan fingerprint density at radius 3 is 2.23 bits per heavy atom. The summed E-state index contributed by atoms with van der Waals surface area (Å²) in [4.78, 5) is 4.76. The zero-order chi connectivity index (χ0) is 17.9. The van der Waals surface area contributed by atoms with Gasteiger partial charge in [-0.25, -0.2) is 4.99 Å². The molecule has 0 amide bonds. The summed E-state index contributed by atoms with van der Waals surface area (Å²) in [7, 11) is 1.68. The van der Waals surface area contributed by atoms with Crippen LogP contribution in [0.15, 0.2) is 82.3 Å². The van der Waals surface area contributed by atoms with Crippen molar-refractivity contribution >= 4 is 21.8 Å². The van der Waals surface area contributed by atoms with Crippen LogP contribution in [-0.2, 0) is 4.74 Å². The first-order chi connectivity index (χ1) is 12.7. The number of hydrogen-bond donors (Lipinski definition) is 0.